The molecule has 1 heterocycles. The Morgan fingerprint density at radius 3 is 2.82 bits per heavy atom. The molecule has 4 heteroatoms. The molecule has 22 heavy (non-hydrogen) atoms. The van der Waals surface area contributed by atoms with Crippen molar-refractivity contribution in [2.24, 2.45) is 0 Å². The fraction of sp³-hybridized carbons (Fsp3) is 0.278. The Bertz CT molecular complexity index is 670. The maximum absolute atomic E-state index is 12.0. The Kier molecular flexibility index (Phi) is 4.28. The van der Waals surface area contributed by atoms with Gasteiger partial charge < -0.3 is 15.0 Å². The molecule has 0 atom stereocenters. The predicted molar refractivity (Wildman–Crippen MR) is 88.3 cm³/mol. The van der Waals surface area contributed by atoms with E-state index >= 15 is 0 Å². The summed E-state index contributed by atoms with van der Waals surface area (Å²) in [6, 6.07) is 15.9. The van der Waals surface area contributed by atoms with Gasteiger partial charge in [0.1, 0.15) is 5.75 Å². The standard InChI is InChI=1S/C18H20N2O2/c1-22-15-7-4-6-14(12-15)13-19-16-8-2-3-9-17(16)20-11-5-10-18(20)21/h2-4,6-9,12,19H,5,10-11,13H2,1H3. The number of nitrogens with zero attached hydrogens (tertiary/aromatic N) is 1. The Labute approximate surface area is 130 Å². The predicted octanol–water partition coefficient (Wildman–Crippen LogP) is 3.43. The summed E-state index contributed by atoms with van der Waals surface area (Å²) in [4.78, 5) is 13.8. The molecule has 0 aliphatic carbocycles. The first-order valence-corrected chi connectivity index (χ1v) is 7.54. The molecule has 2 aromatic rings. The summed E-state index contributed by atoms with van der Waals surface area (Å²) in [5, 5.41) is 3.43. The number of ether oxygens (including phenoxy) is 1. The van der Waals surface area contributed by atoms with Gasteiger partial charge in [0, 0.05) is 19.5 Å². The van der Waals surface area contributed by atoms with Crippen LogP contribution in [0.4, 0.5) is 11.4 Å². The van der Waals surface area contributed by atoms with Crippen molar-refractivity contribution < 1.29 is 9.53 Å². The van der Waals surface area contributed by atoms with Crippen molar-refractivity contribution in [2.45, 2.75) is 19.4 Å². The van der Waals surface area contributed by atoms with Crippen LogP contribution in [0.5, 0.6) is 5.75 Å². The average Bonchev–Trinajstić information content (AvgIpc) is 2.99. The SMILES string of the molecule is COc1cccc(CNc2ccccc2N2CCCC2=O)c1. The number of para-hydroxylation sites is 2. The summed E-state index contributed by atoms with van der Waals surface area (Å²) in [7, 11) is 1.67. The third kappa shape index (κ3) is 3.06. The summed E-state index contributed by atoms with van der Waals surface area (Å²) < 4.78 is 5.25. The second-order valence-corrected chi connectivity index (χ2v) is 5.37. The van der Waals surface area contributed by atoms with Crippen molar-refractivity contribution in [2.75, 3.05) is 23.9 Å². The van der Waals surface area contributed by atoms with Gasteiger partial charge in [-0.2, -0.15) is 0 Å². The monoisotopic (exact) mass is 296 g/mol. The number of anilines is 2. The number of benzene rings is 2. The van der Waals surface area contributed by atoms with E-state index in [2.05, 4.69) is 11.4 Å². The highest BCUT2D eigenvalue weighted by atomic mass is 16.5. The van der Waals surface area contributed by atoms with E-state index in [4.69, 9.17) is 4.74 Å². The highest BCUT2D eigenvalue weighted by molar-refractivity contribution is 5.98. The molecule has 3 rings (SSSR count). The minimum atomic E-state index is 0.204. The van der Waals surface area contributed by atoms with Crippen LogP contribution in [0.25, 0.3) is 0 Å². The number of rotatable bonds is 5. The van der Waals surface area contributed by atoms with Gasteiger partial charge >= 0.3 is 0 Å². The van der Waals surface area contributed by atoms with Crippen LogP contribution in [0.2, 0.25) is 0 Å². The van der Waals surface area contributed by atoms with E-state index < -0.39 is 0 Å². The van der Waals surface area contributed by atoms with Gasteiger partial charge in [0.25, 0.3) is 0 Å². The third-order valence-electron chi connectivity index (χ3n) is 3.89. The molecule has 1 amide bonds. The Balaban J connectivity index is 1.76. The number of nitrogens with one attached hydrogen (secondary N) is 1. The molecule has 0 saturated carbocycles. The van der Waals surface area contributed by atoms with E-state index in [0.29, 0.717) is 13.0 Å². The topological polar surface area (TPSA) is 41.6 Å². The zero-order valence-electron chi connectivity index (χ0n) is 12.7. The number of carbonyl (C=O) groups excluding carboxylic acids is 1. The summed E-state index contributed by atoms with van der Waals surface area (Å²) in [6.07, 6.45) is 1.58. The third-order valence-corrected chi connectivity index (χ3v) is 3.89. The first-order valence-electron chi connectivity index (χ1n) is 7.54. The maximum atomic E-state index is 12.0. The zero-order valence-corrected chi connectivity index (χ0v) is 12.7. The minimum absolute atomic E-state index is 0.204. The molecule has 114 valence electrons. The molecule has 1 fully saturated rings. The van der Waals surface area contributed by atoms with Gasteiger partial charge in [-0.25, -0.2) is 0 Å². The van der Waals surface area contributed by atoms with E-state index in [1.54, 1.807) is 7.11 Å². The fourth-order valence-electron chi connectivity index (χ4n) is 2.74. The van der Waals surface area contributed by atoms with Crippen LogP contribution in [0, 0.1) is 0 Å². The Morgan fingerprint density at radius 1 is 1.18 bits per heavy atom. The largest absolute Gasteiger partial charge is 0.497 e. The van der Waals surface area contributed by atoms with Crippen LogP contribution in [0.15, 0.2) is 48.5 Å². The van der Waals surface area contributed by atoms with Gasteiger partial charge in [-0.05, 0) is 36.2 Å². The van der Waals surface area contributed by atoms with Gasteiger partial charge in [-0.3, -0.25) is 4.79 Å². The molecule has 0 unspecified atom stereocenters. The molecule has 0 bridgehead atoms. The average molecular weight is 296 g/mol. The molecule has 0 radical (unpaired) electrons. The second-order valence-electron chi connectivity index (χ2n) is 5.37. The first-order chi connectivity index (χ1) is 10.8. The highest BCUT2D eigenvalue weighted by Crippen LogP contribution is 2.29. The molecule has 1 aliphatic heterocycles. The van der Waals surface area contributed by atoms with Crippen LogP contribution in [0.1, 0.15) is 18.4 Å². The summed E-state index contributed by atoms with van der Waals surface area (Å²) in [5.41, 5.74) is 3.09. The lowest BCUT2D eigenvalue weighted by molar-refractivity contribution is -0.117. The molecule has 4 nitrogen and oxygen atoms in total. The van der Waals surface area contributed by atoms with Crippen LogP contribution >= 0.6 is 0 Å². The van der Waals surface area contributed by atoms with Gasteiger partial charge in [0.15, 0.2) is 0 Å². The molecule has 0 spiro atoms. The van der Waals surface area contributed by atoms with Gasteiger partial charge in [0.05, 0.1) is 18.5 Å². The van der Waals surface area contributed by atoms with Gasteiger partial charge in [-0.15, -0.1) is 0 Å². The quantitative estimate of drug-likeness (QED) is 0.919. The van der Waals surface area contributed by atoms with E-state index in [-0.39, 0.29) is 5.91 Å². The lowest BCUT2D eigenvalue weighted by Crippen LogP contribution is -2.24. The minimum Gasteiger partial charge on any atom is -0.497 e. The second kappa shape index (κ2) is 6.52. The molecule has 0 aromatic heterocycles. The highest BCUT2D eigenvalue weighted by Gasteiger charge is 2.23. The Hall–Kier alpha value is -2.49. The smallest absolute Gasteiger partial charge is 0.227 e. The normalized spacial score (nSPS) is 14.2. The van der Waals surface area contributed by atoms with Gasteiger partial charge in [0.2, 0.25) is 5.91 Å². The number of hydrogen-bond acceptors (Lipinski definition) is 3. The van der Waals surface area contributed by atoms with Crippen molar-refractivity contribution in [3.63, 3.8) is 0 Å². The van der Waals surface area contributed by atoms with Crippen molar-refractivity contribution in [1.29, 1.82) is 0 Å². The summed E-state index contributed by atoms with van der Waals surface area (Å²) in [6.45, 7) is 1.49. The van der Waals surface area contributed by atoms with Crippen molar-refractivity contribution in [3.8, 4) is 5.75 Å². The van der Waals surface area contributed by atoms with Crippen LogP contribution in [-0.4, -0.2) is 19.6 Å². The van der Waals surface area contributed by atoms with Crippen molar-refractivity contribution in [1.82, 2.24) is 0 Å². The van der Waals surface area contributed by atoms with Crippen LogP contribution < -0.4 is 15.0 Å². The number of methoxy groups -OCH3 is 1. The van der Waals surface area contributed by atoms with E-state index in [1.165, 1.54) is 0 Å². The van der Waals surface area contributed by atoms with Crippen LogP contribution in [0.3, 0.4) is 0 Å². The van der Waals surface area contributed by atoms with E-state index in [1.807, 2.05) is 47.4 Å². The molecule has 2 aromatic carbocycles. The molecule has 1 aliphatic rings. The molecular formula is C18H20N2O2. The molecular weight excluding hydrogens is 276 g/mol. The molecule has 1 N–H and O–H groups in total. The van der Waals surface area contributed by atoms with Gasteiger partial charge in [-0.1, -0.05) is 24.3 Å². The number of amides is 1. The van der Waals surface area contributed by atoms with E-state index in [9.17, 15) is 4.79 Å². The van der Waals surface area contributed by atoms with Crippen molar-refractivity contribution >= 4 is 17.3 Å². The number of carbonyl (C=O) groups is 1. The first kappa shape index (κ1) is 14.4. The molecule has 1 saturated heterocycles. The zero-order chi connectivity index (χ0) is 15.4. The number of hydrogen-bond donors (Lipinski definition) is 1. The van der Waals surface area contributed by atoms with Crippen molar-refractivity contribution in [3.05, 3.63) is 54.1 Å². The Morgan fingerprint density at radius 2 is 2.05 bits per heavy atom. The maximum Gasteiger partial charge on any atom is 0.227 e. The summed E-state index contributed by atoms with van der Waals surface area (Å²) >= 11 is 0. The summed E-state index contributed by atoms with van der Waals surface area (Å²) in [5.74, 6) is 1.05. The van der Waals surface area contributed by atoms with E-state index in [0.717, 1.165) is 35.7 Å². The lowest BCUT2D eigenvalue weighted by atomic mass is 10.2. The fourth-order valence-corrected chi connectivity index (χ4v) is 2.74. The lowest BCUT2D eigenvalue weighted by Gasteiger charge is -2.20. The van der Waals surface area contributed by atoms with Crippen LogP contribution in [-0.2, 0) is 11.3 Å².